The lowest BCUT2D eigenvalue weighted by Crippen LogP contribution is -2.22. The van der Waals surface area contributed by atoms with Crippen LogP contribution in [0, 0.1) is 0 Å². The number of hydrogen-bond donors (Lipinski definition) is 1. The highest BCUT2D eigenvalue weighted by Gasteiger charge is 2.09. The SMILES string of the molecule is COc1cc(/C=C/C(=O)NCCCSc2ccccc2)cc(Cl)c1OC. The molecule has 1 amide bonds. The normalized spacial score (nSPS) is 10.7. The molecule has 4 nitrogen and oxygen atoms in total. The molecule has 0 fully saturated rings. The number of carbonyl (C=O) groups is 1. The van der Waals surface area contributed by atoms with Gasteiger partial charge in [0.15, 0.2) is 11.5 Å². The first-order valence-electron chi connectivity index (χ1n) is 8.19. The summed E-state index contributed by atoms with van der Waals surface area (Å²) >= 11 is 7.94. The van der Waals surface area contributed by atoms with E-state index in [0.717, 1.165) is 17.7 Å². The van der Waals surface area contributed by atoms with Crippen LogP contribution in [-0.4, -0.2) is 32.4 Å². The van der Waals surface area contributed by atoms with Crippen molar-refractivity contribution in [3.05, 3.63) is 59.1 Å². The van der Waals surface area contributed by atoms with E-state index in [1.165, 1.54) is 18.1 Å². The monoisotopic (exact) mass is 391 g/mol. The van der Waals surface area contributed by atoms with E-state index in [9.17, 15) is 4.79 Å². The molecular formula is C20H22ClNO3S. The number of methoxy groups -OCH3 is 2. The van der Waals surface area contributed by atoms with E-state index in [0.29, 0.717) is 23.1 Å². The number of halogens is 1. The molecule has 26 heavy (non-hydrogen) atoms. The van der Waals surface area contributed by atoms with Crippen LogP contribution in [0.25, 0.3) is 6.08 Å². The van der Waals surface area contributed by atoms with Gasteiger partial charge in [-0.15, -0.1) is 11.8 Å². The van der Waals surface area contributed by atoms with Crippen molar-refractivity contribution in [3.63, 3.8) is 0 Å². The summed E-state index contributed by atoms with van der Waals surface area (Å²) in [5.41, 5.74) is 0.766. The Kier molecular flexibility index (Phi) is 8.38. The van der Waals surface area contributed by atoms with Gasteiger partial charge in [0.25, 0.3) is 0 Å². The first-order chi connectivity index (χ1) is 12.6. The van der Waals surface area contributed by atoms with Crippen molar-refractivity contribution in [1.82, 2.24) is 5.32 Å². The average Bonchev–Trinajstić information content (AvgIpc) is 2.66. The van der Waals surface area contributed by atoms with Gasteiger partial charge in [-0.05, 0) is 48.1 Å². The first-order valence-corrected chi connectivity index (χ1v) is 9.55. The van der Waals surface area contributed by atoms with Crippen molar-refractivity contribution < 1.29 is 14.3 Å². The zero-order chi connectivity index (χ0) is 18.8. The molecular weight excluding hydrogens is 370 g/mol. The van der Waals surface area contributed by atoms with Crippen LogP contribution in [0.1, 0.15) is 12.0 Å². The quantitative estimate of drug-likeness (QED) is 0.383. The fourth-order valence-corrected chi connectivity index (χ4v) is 3.43. The number of ether oxygens (including phenoxy) is 2. The van der Waals surface area contributed by atoms with E-state index in [2.05, 4.69) is 17.4 Å². The maximum Gasteiger partial charge on any atom is 0.243 e. The van der Waals surface area contributed by atoms with Gasteiger partial charge in [-0.25, -0.2) is 0 Å². The zero-order valence-electron chi connectivity index (χ0n) is 14.8. The number of amides is 1. The maximum atomic E-state index is 11.9. The van der Waals surface area contributed by atoms with E-state index in [-0.39, 0.29) is 5.91 Å². The van der Waals surface area contributed by atoms with E-state index in [1.807, 2.05) is 18.2 Å². The van der Waals surface area contributed by atoms with Gasteiger partial charge in [0, 0.05) is 17.5 Å². The minimum Gasteiger partial charge on any atom is -0.493 e. The zero-order valence-corrected chi connectivity index (χ0v) is 16.4. The predicted molar refractivity (Wildman–Crippen MR) is 108 cm³/mol. The highest BCUT2D eigenvalue weighted by molar-refractivity contribution is 7.99. The van der Waals surface area contributed by atoms with Gasteiger partial charge < -0.3 is 14.8 Å². The summed E-state index contributed by atoms with van der Waals surface area (Å²) in [6.45, 7) is 0.635. The summed E-state index contributed by atoms with van der Waals surface area (Å²) in [7, 11) is 3.07. The van der Waals surface area contributed by atoms with E-state index in [1.54, 1.807) is 37.1 Å². The molecule has 0 bridgehead atoms. The second-order valence-corrected chi connectivity index (χ2v) is 6.95. The molecule has 0 saturated heterocycles. The Labute approximate surface area is 163 Å². The molecule has 0 aromatic heterocycles. The van der Waals surface area contributed by atoms with Gasteiger partial charge in [-0.1, -0.05) is 29.8 Å². The fraction of sp³-hybridized carbons (Fsp3) is 0.250. The third-order valence-corrected chi connectivity index (χ3v) is 4.89. The van der Waals surface area contributed by atoms with Crippen molar-refractivity contribution >= 4 is 35.3 Å². The minimum atomic E-state index is -0.138. The van der Waals surface area contributed by atoms with Gasteiger partial charge >= 0.3 is 0 Å². The molecule has 0 saturated carbocycles. The summed E-state index contributed by atoms with van der Waals surface area (Å²) in [5, 5.41) is 3.31. The molecule has 0 spiro atoms. The molecule has 1 N–H and O–H groups in total. The van der Waals surface area contributed by atoms with Crippen LogP contribution in [0.15, 0.2) is 53.4 Å². The number of nitrogens with one attached hydrogen (secondary N) is 1. The van der Waals surface area contributed by atoms with Gasteiger partial charge in [-0.2, -0.15) is 0 Å². The number of benzene rings is 2. The van der Waals surface area contributed by atoms with Gasteiger partial charge in [0.1, 0.15) is 0 Å². The Morgan fingerprint density at radius 2 is 1.96 bits per heavy atom. The molecule has 0 aliphatic rings. The van der Waals surface area contributed by atoms with Crippen LogP contribution >= 0.6 is 23.4 Å². The van der Waals surface area contributed by atoms with Crippen LogP contribution < -0.4 is 14.8 Å². The van der Waals surface area contributed by atoms with Crippen LogP contribution in [0.2, 0.25) is 5.02 Å². The van der Waals surface area contributed by atoms with Crippen LogP contribution in [0.3, 0.4) is 0 Å². The van der Waals surface area contributed by atoms with Crippen molar-refractivity contribution in [1.29, 1.82) is 0 Å². The summed E-state index contributed by atoms with van der Waals surface area (Å²) in [4.78, 5) is 13.2. The first kappa shape index (κ1) is 20.2. The van der Waals surface area contributed by atoms with Crippen LogP contribution in [0.4, 0.5) is 0 Å². The van der Waals surface area contributed by atoms with E-state index in [4.69, 9.17) is 21.1 Å². The third-order valence-electron chi connectivity index (χ3n) is 3.52. The second-order valence-electron chi connectivity index (χ2n) is 5.38. The van der Waals surface area contributed by atoms with Crippen molar-refractivity contribution in [2.75, 3.05) is 26.5 Å². The summed E-state index contributed by atoms with van der Waals surface area (Å²) in [6, 6.07) is 13.7. The summed E-state index contributed by atoms with van der Waals surface area (Å²) < 4.78 is 10.4. The molecule has 0 radical (unpaired) electrons. The largest absolute Gasteiger partial charge is 0.493 e. The Morgan fingerprint density at radius 3 is 2.65 bits per heavy atom. The minimum absolute atomic E-state index is 0.138. The second kappa shape index (κ2) is 10.8. The molecule has 0 unspecified atom stereocenters. The van der Waals surface area contributed by atoms with Gasteiger partial charge in [0.05, 0.1) is 19.2 Å². The third kappa shape index (κ3) is 6.32. The molecule has 2 aromatic carbocycles. The molecule has 2 aromatic rings. The summed E-state index contributed by atoms with van der Waals surface area (Å²) in [6.07, 6.45) is 4.09. The Hall–Kier alpha value is -2.11. The molecule has 0 atom stereocenters. The highest BCUT2D eigenvalue weighted by atomic mass is 35.5. The Morgan fingerprint density at radius 1 is 1.19 bits per heavy atom. The van der Waals surface area contributed by atoms with Crippen molar-refractivity contribution in [3.8, 4) is 11.5 Å². The molecule has 138 valence electrons. The maximum absolute atomic E-state index is 11.9. The van der Waals surface area contributed by atoms with E-state index < -0.39 is 0 Å². The average molecular weight is 392 g/mol. The van der Waals surface area contributed by atoms with E-state index >= 15 is 0 Å². The van der Waals surface area contributed by atoms with Crippen molar-refractivity contribution in [2.45, 2.75) is 11.3 Å². The molecule has 2 rings (SSSR count). The molecule has 0 heterocycles. The number of hydrogen-bond acceptors (Lipinski definition) is 4. The van der Waals surface area contributed by atoms with Crippen molar-refractivity contribution in [2.24, 2.45) is 0 Å². The highest BCUT2D eigenvalue weighted by Crippen LogP contribution is 2.36. The topological polar surface area (TPSA) is 47.6 Å². The Bertz CT molecular complexity index is 750. The molecule has 0 aliphatic carbocycles. The lowest BCUT2D eigenvalue weighted by molar-refractivity contribution is -0.116. The van der Waals surface area contributed by atoms with Gasteiger partial charge in [-0.3, -0.25) is 4.79 Å². The predicted octanol–water partition coefficient (Wildman–Crippen LogP) is 4.67. The standard InChI is InChI=1S/C20H22ClNO3S/c1-24-18-14-15(13-17(21)20(18)25-2)9-10-19(23)22-11-6-12-26-16-7-4-3-5-8-16/h3-5,7-10,13-14H,6,11-12H2,1-2H3,(H,22,23)/b10-9+. The van der Waals surface area contributed by atoms with Crippen LogP contribution in [0.5, 0.6) is 11.5 Å². The number of thioether (sulfide) groups is 1. The lowest BCUT2D eigenvalue weighted by atomic mass is 10.2. The number of carbonyl (C=O) groups excluding carboxylic acids is 1. The summed E-state index contributed by atoms with van der Waals surface area (Å²) in [5.74, 6) is 1.82. The molecule has 6 heteroatoms. The van der Waals surface area contributed by atoms with Crippen LogP contribution in [-0.2, 0) is 4.79 Å². The Balaban J connectivity index is 1.77. The molecule has 0 aliphatic heterocycles. The lowest BCUT2D eigenvalue weighted by Gasteiger charge is -2.10. The smallest absolute Gasteiger partial charge is 0.243 e. The van der Waals surface area contributed by atoms with Gasteiger partial charge in [0.2, 0.25) is 5.91 Å². The fourth-order valence-electron chi connectivity index (χ4n) is 2.26. The number of rotatable bonds is 9.